The summed E-state index contributed by atoms with van der Waals surface area (Å²) in [6.45, 7) is 6.70. The van der Waals surface area contributed by atoms with Gasteiger partial charge in [0.15, 0.2) is 0 Å². The van der Waals surface area contributed by atoms with Crippen molar-refractivity contribution in [3.63, 3.8) is 0 Å². The van der Waals surface area contributed by atoms with Gasteiger partial charge < -0.3 is 15.4 Å². The molecule has 0 saturated carbocycles. The van der Waals surface area contributed by atoms with E-state index >= 15 is 0 Å². The molecule has 0 aliphatic heterocycles. The molecule has 2 rings (SSSR count). The Bertz CT molecular complexity index is 644. The monoisotopic (exact) mass is 260 g/mol. The molecule has 0 bridgehead atoms. The fourth-order valence-electron chi connectivity index (χ4n) is 2.12. The summed E-state index contributed by atoms with van der Waals surface area (Å²) >= 11 is 0. The van der Waals surface area contributed by atoms with Crippen LogP contribution in [0.25, 0.3) is 10.9 Å². The van der Waals surface area contributed by atoms with E-state index in [0.717, 1.165) is 16.5 Å². The van der Waals surface area contributed by atoms with Crippen LogP contribution < -0.4 is 10.9 Å². The number of aromatic amines is 1. The molecule has 102 valence electrons. The topological polar surface area (TPSA) is 65.1 Å². The molecule has 3 N–H and O–H groups in total. The van der Waals surface area contributed by atoms with Crippen molar-refractivity contribution in [1.82, 2.24) is 10.3 Å². The van der Waals surface area contributed by atoms with Gasteiger partial charge in [-0.15, -0.1) is 0 Å². The lowest BCUT2D eigenvalue weighted by molar-refractivity contribution is 0.191. The second-order valence-electron chi connectivity index (χ2n) is 5.08. The first kappa shape index (κ1) is 13.8. The summed E-state index contributed by atoms with van der Waals surface area (Å²) in [7, 11) is 0. The molecule has 4 heteroatoms. The van der Waals surface area contributed by atoms with E-state index in [1.54, 1.807) is 6.92 Å². The smallest absolute Gasteiger partial charge is 0.252 e. The molecule has 1 heterocycles. The van der Waals surface area contributed by atoms with E-state index in [4.69, 9.17) is 0 Å². The van der Waals surface area contributed by atoms with Crippen LogP contribution in [-0.4, -0.2) is 22.7 Å². The first-order valence-electron chi connectivity index (χ1n) is 6.50. The van der Waals surface area contributed by atoms with E-state index in [-0.39, 0.29) is 5.56 Å². The van der Waals surface area contributed by atoms with E-state index in [2.05, 4.69) is 16.4 Å². The summed E-state index contributed by atoms with van der Waals surface area (Å²) in [5.41, 5.74) is 3.81. The zero-order valence-corrected chi connectivity index (χ0v) is 11.6. The van der Waals surface area contributed by atoms with Gasteiger partial charge in [0.05, 0.1) is 11.6 Å². The normalized spacial score (nSPS) is 12.8. The number of aliphatic hydroxyl groups is 1. The third-order valence-electron chi connectivity index (χ3n) is 3.38. The summed E-state index contributed by atoms with van der Waals surface area (Å²) in [6.07, 6.45) is -0.413. The minimum absolute atomic E-state index is 0.0701. The lowest BCUT2D eigenvalue weighted by atomic mass is 10.0. The molecule has 0 aliphatic rings. The van der Waals surface area contributed by atoms with Gasteiger partial charge in [0.2, 0.25) is 0 Å². The molecule has 0 saturated heterocycles. The van der Waals surface area contributed by atoms with Gasteiger partial charge in [0.25, 0.3) is 5.56 Å². The number of nitrogens with one attached hydrogen (secondary N) is 2. The Hall–Kier alpha value is -1.65. The van der Waals surface area contributed by atoms with E-state index < -0.39 is 6.10 Å². The molecule has 19 heavy (non-hydrogen) atoms. The molecule has 0 radical (unpaired) electrons. The summed E-state index contributed by atoms with van der Waals surface area (Å²) in [4.78, 5) is 15.0. The lowest BCUT2D eigenvalue weighted by Gasteiger charge is -2.09. The molecule has 0 amide bonds. The summed E-state index contributed by atoms with van der Waals surface area (Å²) < 4.78 is 0. The Morgan fingerprint density at radius 3 is 2.79 bits per heavy atom. The number of hydrogen-bond donors (Lipinski definition) is 3. The first-order valence-corrected chi connectivity index (χ1v) is 6.50. The number of rotatable bonds is 4. The van der Waals surface area contributed by atoms with Crippen LogP contribution in [0.2, 0.25) is 0 Å². The van der Waals surface area contributed by atoms with E-state index in [9.17, 15) is 9.90 Å². The predicted octanol–water partition coefficient (Wildman–Crippen LogP) is 1.62. The maximum absolute atomic E-state index is 12.0. The Kier molecular flexibility index (Phi) is 4.02. The van der Waals surface area contributed by atoms with Crippen LogP contribution in [0.1, 0.15) is 23.6 Å². The summed E-state index contributed by atoms with van der Waals surface area (Å²) in [5, 5.41) is 13.3. The largest absolute Gasteiger partial charge is 0.392 e. The maximum atomic E-state index is 12.0. The van der Waals surface area contributed by atoms with Crippen LogP contribution in [0.4, 0.5) is 0 Å². The number of aliphatic hydroxyl groups excluding tert-OH is 1. The second kappa shape index (κ2) is 5.55. The average molecular weight is 260 g/mol. The van der Waals surface area contributed by atoms with Crippen LogP contribution in [0.3, 0.4) is 0 Å². The van der Waals surface area contributed by atoms with Crippen molar-refractivity contribution >= 4 is 10.9 Å². The van der Waals surface area contributed by atoms with Gasteiger partial charge in [-0.05, 0) is 43.4 Å². The minimum Gasteiger partial charge on any atom is -0.392 e. The lowest BCUT2D eigenvalue weighted by Crippen LogP contribution is -2.27. The third-order valence-corrected chi connectivity index (χ3v) is 3.38. The van der Waals surface area contributed by atoms with Crippen LogP contribution in [0, 0.1) is 13.8 Å². The van der Waals surface area contributed by atoms with E-state index in [1.165, 1.54) is 5.56 Å². The highest BCUT2D eigenvalue weighted by Gasteiger charge is 2.06. The van der Waals surface area contributed by atoms with E-state index in [0.29, 0.717) is 18.7 Å². The van der Waals surface area contributed by atoms with Crippen LogP contribution in [-0.2, 0) is 6.54 Å². The highest BCUT2D eigenvalue weighted by atomic mass is 16.3. The van der Waals surface area contributed by atoms with Gasteiger partial charge in [0, 0.05) is 18.7 Å². The van der Waals surface area contributed by atoms with Gasteiger partial charge in [0.1, 0.15) is 0 Å². The fraction of sp³-hybridized carbons (Fsp3) is 0.400. The van der Waals surface area contributed by atoms with Gasteiger partial charge >= 0.3 is 0 Å². The molecule has 0 aliphatic carbocycles. The number of benzene rings is 1. The van der Waals surface area contributed by atoms with Crippen molar-refractivity contribution in [3.05, 3.63) is 45.2 Å². The number of aromatic nitrogens is 1. The summed E-state index contributed by atoms with van der Waals surface area (Å²) in [5.74, 6) is 0. The zero-order valence-electron chi connectivity index (χ0n) is 11.6. The molecule has 0 unspecified atom stereocenters. The molecule has 2 aromatic rings. The Labute approximate surface area is 112 Å². The number of pyridine rings is 1. The standard InChI is InChI=1S/C15H20N2O2/c1-9-4-5-12-6-13(8-16-7-10(2)18)15(19)17-14(12)11(9)3/h4-6,10,16,18H,7-8H2,1-3H3,(H,17,19)/t10-/m0/s1. The zero-order chi connectivity index (χ0) is 14.0. The first-order chi connectivity index (χ1) is 8.99. The van der Waals surface area contributed by atoms with Gasteiger partial charge in [-0.1, -0.05) is 12.1 Å². The maximum Gasteiger partial charge on any atom is 0.252 e. The van der Waals surface area contributed by atoms with Crippen molar-refractivity contribution in [2.24, 2.45) is 0 Å². The number of aryl methyl sites for hydroxylation is 2. The third kappa shape index (κ3) is 3.03. The highest BCUT2D eigenvalue weighted by Crippen LogP contribution is 2.18. The minimum atomic E-state index is -0.413. The molecule has 0 spiro atoms. The van der Waals surface area contributed by atoms with Crippen LogP contribution in [0.15, 0.2) is 23.0 Å². The molecule has 1 atom stereocenters. The van der Waals surface area contributed by atoms with Crippen LogP contribution in [0.5, 0.6) is 0 Å². The van der Waals surface area contributed by atoms with Gasteiger partial charge in [-0.2, -0.15) is 0 Å². The van der Waals surface area contributed by atoms with Crippen molar-refractivity contribution in [1.29, 1.82) is 0 Å². The molecule has 1 aromatic carbocycles. The number of H-pyrrole nitrogens is 1. The second-order valence-corrected chi connectivity index (χ2v) is 5.08. The van der Waals surface area contributed by atoms with Crippen molar-refractivity contribution in [2.75, 3.05) is 6.54 Å². The highest BCUT2D eigenvalue weighted by molar-refractivity contribution is 5.83. The molecule has 4 nitrogen and oxygen atoms in total. The number of hydrogen-bond acceptors (Lipinski definition) is 3. The average Bonchev–Trinajstić information content (AvgIpc) is 2.35. The Morgan fingerprint density at radius 2 is 2.11 bits per heavy atom. The summed E-state index contributed by atoms with van der Waals surface area (Å²) in [6, 6.07) is 5.99. The Balaban J connectivity index is 2.35. The fourth-order valence-corrected chi connectivity index (χ4v) is 2.12. The SMILES string of the molecule is Cc1ccc2cc(CNC[C@H](C)O)c(=O)[nH]c2c1C. The van der Waals surface area contributed by atoms with Gasteiger partial charge in [-0.3, -0.25) is 4.79 Å². The molecular weight excluding hydrogens is 240 g/mol. The van der Waals surface area contributed by atoms with Crippen molar-refractivity contribution in [3.8, 4) is 0 Å². The van der Waals surface area contributed by atoms with Crippen molar-refractivity contribution < 1.29 is 5.11 Å². The van der Waals surface area contributed by atoms with Crippen molar-refractivity contribution in [2.45, 2.75) is 33.4 Å². The number of fused-ring (bicyclic) bond motifs is 1. The predicted molar refractivity (Wildman–Crippen MR) is 77.4 cm³/mol. The molecular formula is C15H20N2O2. The molecule has 1 aromatic heterocycles. The quantitative estimate of drug-likeness (QED) is 0.782. The van der Waals surface area contributed by atoms with Crippen LogP contribution >= 0.6 is 0 Å². The molecule has 0 fully saturated rings. The Morgan fingerprint density at radius 1 is 1.37 bits per heavy atom. The van der Waals surface area contributed by atoms with Gasteiger partial charge in [-0.25, -0.2) is 0 Å². The van der Waals surface area contributed by atoms with E-state index in [1.807, 2.05) is 26.0 Å².